The molecule has 10 nitrogen and oxygen atoms in total. The van der Waals surface area contributed by atoms with Crippen molar-refractivity contribution in [2.75, 3.05) is 19.5 Å². The SMILES string of the molecule is COc1cc2nc(Cl)nc(Nc3ccc(C(C)C(NC(=O)OC(C)(C)C)C(=O)O)cc3)c2cc1OC. The molecular weight excluding hydrogens is 488 g/mol. The summed E-state index contributed by atoms with van der Waals surface area (Å²) in [6.45, 7) is 6.84. The molecule has 0 saturated heterocycles. The Bertz CT molecular complexity index is 1260. The highest BCUT2D eigenvalue weighted by atomic mass is 35.5. The van der Waals surface area contributed by atoms with Gasteiger partial charge in [-0.15, -0.1) is 0 Å². The number of carbonyl (C=O) groups is 2. The van der Waals surface area contributed by atoms with Crippen molar-refractivity contribution in [3.63, 3.8) is 0 Å². The maximum Gasteiger partial charge on any atom is 0.408 e. The number of halogens is 1. The molecule has 0 aliphatic rings. The number of aliphatic carboxylic acids is 1. The number of carboxylic acids is 1. The molecule has 36 heavy (non-hydrogen) atoms. The van der Waals surface area contributed by atoms with E-state index in [9.17, 15) is 14.7 Å². The first kappa shape index (κ1) is 26.8. The molecule has 11 heteroatoms. The quantitative estimate of drug-likeness (QED) is 0.349. The monoisotopic (exact) mass is 516 g/mol. The molecule has 3 N–H and O–H groups in total. The lowest BCUT2D eigenvalue weighted by atomic mass is 9.93. The fourth-order valence-corrected chi connectivity index (χ4v) is 3.73. The number of nitrogens with zero attached hydrogens (tertiary/aromatic N) is 2. The molecule has 3 aromatic rings. The topological polar surface area (TPSA) is 132 Å². The predicted molar refractivity (Wildman–Crippen MR) is 137 cm³/mol. The van der Waals surface area contributed by atoms with Crippen molar-refractivity contribution in [1.29, 1.82) is 0 Å². The average molecular weight is 517 g/mol. The molecular formula is C25H29ClN4O6. The van der Waals surface area contributed by atoms with Crippen LogP contribution in [0.5, 0.6) is 11.5 Å². The molecule has 2 aromatic carbocycles. The van der Waals surface area contributed by atoms with E-state index in [-0.39, 0.29) is 5.28 Å². The summed E-state index contributed by atoms with van der Waals surface area (Å²) < 4.78 is 15.9. The Balaban J connectivity index is 1.84. The minimum absolute atomic E-state index is 0.0555. The van der Waals surface area contributed by atoms with Gasteiger partial charge in [0, 0.05) is 23.1 Å². The molecule has 1 aromatic heterocycles. The first-order chi connectivity index (χ1) is 16.9. The van der Waals surface area contributed by atoms with E-state index in [1.54, 1.807) is 64.1 Å². The summed E-state index contributed by atoms with van der Waals surface area (Å²) in [5.74, 6) is -0.212. The Kier molecular flexibility index (Phi) is 8.09. The lowest BCUT2D eigenvalue weighted by Gasteiger charge is -2.25. The number of fused-ring (bicyclic) bond motifs is 1. The Morgan fingerprint density at radius 3 is 2.19 bits per heavy atom. The minimum atomic E-state index is -1.18. The highest BCUT2D eigenvalue weighted by molar-refractivity contribution is 6.28. The molecule has 2 atom stereocenters. The van der Waals surface area contributed by atoms with Gasteiger partial charge in [0.1, 0.15) is 17.5 Å². The second-order valence-electron chi connectivity index (χ2n) is 9.06. The number of benzene rings is 2. The van der Waals surface area contributed by atoms with E-state index in [4.69, 9.17) is 25.8 Å². The Morgan fingerprint density at radius 1 is 1.03 bits per heavy atom. The van der Waals surface area contributed by atoms with Crippen molar-refractivity contribution < 1.29 is 28.9 Å². The van der Waals surface area contributed by atoms with Crippen LogP contribution in [0.15, 0.2) is 36.4 Å². The van der Waals surface area contributed by atoms with Crippen LogP contribution < -0.4 is 20.1 Å². The van der Waals surface area contributed by atoms with E-state index in [0.717, 1.165) is 0 Å². The average Bonchev–Trinajstić information content (AvgIpc) is 2.80. The summed E-state index contributed by atoms with van der Waals surface area (Å²) in [5, 5.41) is 16.1. The maximum absolute atomic E-state index is 12.1. The largest absolute Gasteiger partial charge is 0.493 e. The highest BCUT2D eigenvalue weighted by Gasteiger charge is 2.29. The van der Waals surface area contributed by atoms with Gasteiger partial charge in [0.2, 0.25) is 5.28 Å². The summed E-state index contributed by atoms with van der Waals surface area (Å²) in [6.07, 6.45) is -0.792. The first-order valence-corrected chi connectivity index (χ1v) is 11.5. The van der Waals surface area contributed by atoms with Crippen molar-refractivity contribution in [3.8, 4) is 11.5 Å². The third-order valence-corrected chi connectivity index (χ3v) is 5.48. The highest BCUT2D eigenvalue weighted by Crippen LogP contribution is 2.35. The van der Waals surface area contributed by atoms with Gasteiger partial charge >= 0.3 is 12.1 Å². The van der Waals surface area contributed by atoms with Gasteiger partial charge in [0.05, 0.1) is 19.7 Å². The molecule has 0 spiro atoms. The van der Waals surface area contributed by atoms with Gasteiger partial charge in [0.15, 0.2) is 11.5 Å². The number of alkyl carbamates (subject to hydrolysis) is 1. The Hall–Kier alpha value is -3.79. The maximum atomic E-state index is 12.1. The Labute approximate surface area is 213 Å². The van der Waals surface area contributed by atoms with Gasteiger partial charge in [-0.2, -0.15) is 4.98 Å². The van der Waals surface area contributed by atoms with E-state index in [1.165, 1.54) is 14.2 Å². The molecule has 1 heterocycles. The third kappa shape index (κ3) is 6.45. The van der Waals surface area contributed by atoms with Crippen molar-refractivity contribution in [2.24, 2.45) is 0 Å². The molecule has 0 radical (unpaired) electrons. The van der Waals surface area contributed by atoms with Crippen molar-refractivity contribution >= 4 is 46.1 Å². The summed E-state index contributed by atoms with van der Waals surface area (Å²) in [4.78, 5) is 32.6. The van der Waals surface area contributed by atoms with Gasteiger partial charge in [-0.3, -0.25) is 0 Å². The molecule has 0 saturated carbocycles. The number of rotatable bonds is 8. The Morgan fingerprint density at radius 2 is 1.64 bits per heavy atom. The van der Waals surface area contributed by atoms with Crippen molar-refractivity contribution in [1.82, 2.24) is 15.3 Å². The standard InChI is InChI=1S/C25H29ClN4O6/c1-13(20(22(31)32)29-24(33)36-25(2,3)4)14-7-9-15(10-8-14)27-21-16-11-18(34-5)19(35-6)12-17(16)28-23(26)30-21/h7-13,20H,1-6H3,(H,29,33)(H,31,32)(H,27,28,30). The summed E-state index contributed by atoms with van der Waals surface area (Å²) in [7, 11) is 3.07. The normalized spacial score (nSPS) is 13.0. The van der Waals surface area contributed by atoms with Gasteiger partial charge in [0.25, 0.3) is 0 Å². The van der Waals surface area contributed by atoms with Crippen molar-refractivity contribution in [3.05, 3.63) is 47.2 Å². The third-order valence-electron chi connectivity index (χ3n) is 5.31. The van der Waals surface area contributed by atoms with Gasteiger partial charge in [-0.1, -0.05) is 19.1 Å². The smallest absolute Gasteiger partial charge is 0.408 e. The summed E-state index contributed by atoms with van der Waals surface area (Å²) >= 11 is 6.14. The number of hydrogen-bond acceptors (Lipinski definition) is 8. The number of nitrogens with one attached hydrogen (secondary N) is 2. The number of carbonyl (C=O) groups excluding carboxylic acids is 1. The van der Waals surface area contributed by atoms with Crippen LogP contribution in [-0.4, -0.2) is 53.0 Å². The molecule has 3 rings (SSSR count). The van der Waals surface area contributed by atoms with E-state index in [0.29, 0.717) is 39.5 Å². The predicted octanol–water partition coefficient (Wildman–Crippen LogP) is 5.13. The van der Waals surface area contributed by atoms with Crippen molar-refractivity contribution in [2.45, 2.75) is 45.3 Å². The number of amides is 1. The number of aromatic nitrogens is 2. The van der Waals surface area contributed by atoms with E-state index in [1.807, 2.05) is 0 Å². The zero-order valence-electron chi connectivity index (χ0n) is 20.9. The van der Waals surface area contributed by atoms with E-state index >= 15 is 0 Å². The number of carboxylic acid groups (broad SMARTS) is 1. The van der Waals surface area contributed by atoms with Crippen LogP contribution in [0.4, 0.5) is 16.3 Å². The minimum Gasteiger partial charge on any atom is -0.493 e. The lowest BCUT2D eigenvalue weighted by Crippen LogP contribution is -2.46. The molecule has 1 amide bonds. The number of hydrogen-bond donors (Lipinski definition) is 3. The van der Waals surface area contributed by atoms with Crippen LogP contribution in [-0.2, 0) is 9.53 Å². The zero-order chi connectivity index (χ0) is 26.6. The molecule has 0 aliphatic carbocycles. The van der Waals surface area contributed by atoms with Crippen LogP contribution in [0, 0.1) is 0 Å². The second kappa shape index (κ2) is 10.9. The van der Waals surface area contributed by atoms with E-state index in [2.05, 4.69) is 20.6 Å². The molecule has 0 bridgehead atoms. The number of methoxy groups -OCH3 is 2. The fraction of sp³-hybridized carbons (Fsp3) is 0.360. The lowest BCUT2D eigenvalue weighted by molar-refractivity contribution is -0.140. The van der Waals surface area contributed by atoms with Crippen LogP contribution in [0.2, 0.25) is 5.28 Å². The first-order valence-electron chi connectivity index (χ1n) is 11.1. The molecule has 0 aliphatic heterocycles. The van der Waals surface area contributed by atoms with Crippen LogP contribution >= 0.6 is 11.6 Å². The van der Waals surface area contributed by atoms with Gasteiger partial charge in [-0.05, 0) is 56.1 Å². The zero-order valence-corrected chi connectivity index (χ0v) is 21.6. The second-order valence-corrected chi connectivity index (χ2v) is 9.40. The molecule has 2 unspecified atom stereocenters. The fourth-order valence-electron chi connectivity index (χ4n) is 3.56. The van der Waals surface area contributed by atoms with Crippen LogP contribution in [0.1, 0.15) is 39.2 Å². The van der Waals surface area contributed by atoms with E-state index < -0.39 is 29.6 Å². The molecule has 192 valence electrons. The van der Waals surface area contributed by atoms with Crippen LogP contribution in [0.25, 0.3) is 10.9 Å². The van der Waals surface area contributed by atoms with Gasteiger partial charge < -0.3 is 30.0 Å². The summed E-state index contributed by atoms with van der Waals surface area (Å²) in [5.41, 5.74) is 1.22. The number of ether oxygens (including phenoxy) is 3. The van der Waals surface area contributed by atoms with Crippen LogP contribution in [0.3, 0.4) is 0 Å². The van der Waals surface area contributed by atoms with Gasteiger partial charge in [-0.25, -0.2) is 14.6 Å². The number of anilines is 2. The molecule has 0 fully saturated rings. The summed E-state index contributed by atoms with van der Waals surface area (Å²) in [6, 6.07) is 9.39.